The van der Waals surface area contributed by atoms with Crippen molar-refractivity contribution in [2.24, 2.45) is 17.6 Å². The molecule has 0 amide bonds. The van der Waals surface area contributed by atoms with Crippen molar-refractivity contribution in [2.45, 2.75) is 39.7 Å². The third kappa shape index (κ3) is 2.20. The molecular formula is C11H20N4. The van der Waals surface area contributed by atoms with E-state index in [-0.39, 0.29) is 0 Å². The summed E-state index contributed by atoms with van der Waals surface area (Å²) in [5, 5.41) is 8.53. The van der Waals surface area contributed by atoms with Crippen LogP contribution in [-0.4, -0.2) is 21.3 Å². The van der Waals surface area contributed by atoms with Crippen LogP contribution in [0.15, 0.2) is 0 Å². The van der Waals surface area contributed by atoms with E-state index in [4.69, 9.17) is 5.73 Å². The summed E-state index contributed by atoms with van der Waals surface area (Å²) in [6.07, 6.45) is 3.22. The Hall–Kier alpha value is -0.900. The highest BCUT2D eigenvalue weighted by Gasteiger charge is 2.21. The van der Waals surface area contributed by atoms with Gasteiger partial charge in [0.15, 0.2) is 0 Å². The molecule has 1 unspecified atom stereocenters. The molecule has 15 heavy (non-hydrogen) atoms. The van der Waals surface area contributed by atoms with E-state index in [1.165, 1.54) is 0 Å². The molecule has 84 valence electrons. The Morgan fingerprint density at radius 2 is 2.27 bits per heavy atom. The standard InChI is InChI=1S/C11H20N4/c1-8(2)5-11-14-13-10-4-3-9(6-12)7-15(10)11/h8-9H,3-7,12H2,1-2H3. The molecule has 0 aromatic carbocycles. The van der Waals surface area contributed by atoms with E-state index in [2.05, 4.69) is 28.6 Å². The predicted octanol–water partition coefficient (Wildman–Crippen LogP) is 0.998. The Labute approximate surface area is 90.9 Å². The van der Waals surface area contributed by atoms with Crippen molar-refractivity contribution >= 4 is 0 Å². The molecule has 0 spiro atoms. The van der Waals surface area contributed by atoms with Gasteiger partial charge in [-0.2, -0.15) is 0 Å². The van der Waals surface area contributed by atoms with Gasteiger partial charge in [0, 0.05) is 19.4 Å². The van der Waals surface area contributed by atoms with E-state index in [0.717, 1.165) is 44.0 Å². The van der Waals surface area contributed by atoms with E-state index in [1.807, 2.05) is 0 Å². The Morgan fingerprint density at radius 1 is 1.47 bits per heavy atom. The van der Waals surface area contributed by atoms with Gasteiger partial charge in [0.1, 0.15) is 11.6 Å². The smallest absolute Gasteiger partial charge is 0.133 e. The summed E-state index contributed by atoms with van der Waals surface area (Å²) in [5.41, 5.74) is 5.73. The second-order valence-electron chi connectivity index (χ2n) is 4.88. The fourth-order valence-electron chi connectivity index (χ4n) is 2.16. The van der Waals surface area contributed by atoms with Crippen molar-refractivity contribution in [1.29, 1.82) is 0 Å². The molecule has 0 aliphatic carbocycles. The third-order valence-corrected chi connectivity index (χ3v) is 3.05. The molecule has 0 radical (unpaired) electrons. The predicted molar refractivity (Wildman–Crippen MR) is 59.4 cm³/mol. The van der Waals surface area contributed by atoms with Gasteiger partial charge < -0.3 is 10.3 Å². The van der Waals surface area contributed by atoms with Crippen molar-refractivity contribution in [3.63, 3.8) is 0 Å². The van der Waals surface area contributed by atoms with Gasteiger partial charge in [0.05, 0.1) is 0 Å². The van der Waals surface area contributed by atoms with Crippen LogP contribution in [-0.2, 0) is 19.4 Å². The van der Waals surface area contributed by atoms with Gasteiger partial charge in [0.25, 0.3) is 0 Å². The lowest BCUT2D eigenvalue weighted by Gasteiger charge is -2.23. The average Bonchev–Trinajstić information content (AvgIpc) is 2.60. The molecule has 1 aromatic rings. The number of nitrogens with zero attached hydrogens (tertiary/aromatic N) is 3. The number of nitrogens with two attached hydrogens (primary N) is 1. The quantitative estimate of drug-likeness (QED) is 0.806. The van der Waals surface area contributed by atoms with E-state index in [1.54, 1.807) is 0 Å². The minimum atomic E-state index is 0.611. The van der Waals surface area contributed by atoms with E-state index in [9.17, 15) is 0 Å². The second kappa shape index (κ2) is 4.31. The topological polar surface area (TPSA) is 56.7 Å². The Bertz CT molecular complexity index is 329. The molecule has 1 aromatic heterocycles. The molecule has 1 atom stereocenters. The lowest BCUT2D eigenvalue weighted by atomic mass is 9.99. The van der Waals surface area contributed by atoms with Crippen LogP contribution in [0.4, 0.5) is 0 Å². The molecule has 0 fully saturated rings. The first-order valence-corrected chi connectivity index (χ1v) is 5.81. The first-order valence-electron chi connectivity index (χ1n) is 5.81. The van der Waals surface area contributed by atoms with E-state index >= 15 is 0 Å². The van der Waals surface area contributed by atoms with Crippen LogP contribution in [0, 0.1) is 11.8 Å². The SMILES string of the molecule is CC(C)Cc1nnc2n1CC(CN)CC2. The molecule has 4 heteroatoms. The van der Waals surface area contributed by atoms with Gasteiger partial charge >= 0.3 is 0 Å². The molecule has 1 aliphatic heterocycles. The largest absolute Gasteiger partial charge is 0.330 e. The summed E-state index contributed by atoms with van der Waals surface area (Å²) in [4.78, 5) is 0. The van der Waals surface area contributed by atoms with Crippen LogP contribution in [0.3, 0.4) is 0 Å². The Balaban J connectivity index is 2.18. The lowest BCUT2D eigenvalue weighted by molar-refractivity contribution is 0.363. The maximum Gasteiger partial charge on any atom is 0.133 e. The highest BCUT2D eigenvalue weighted by Crippen LogP contribution is 2.20. The van der Waals surface area contributed by atoms with Crippen molar-refractivity contribution in [2.75, 3.05) is 6.54 Å². The van der Waals surface area contributed by atoms with Crippen LogP contribution in [0.1, 0.15) is 31.9 Å². The molecule has 2 N–H and O–H groups in total. The van der Waals surface area contributed by atoms with Crippen molar-refractivity contribution in [3.05, 3.63) is 11.6 Å². The van der Waals surface area contributed by atoms with Crippen LogP contribution in [0.25, 0.3) is 0 Å². The summed E-state index contributed by atoms with van der Waals surface area (Å²) in [7, 11) is 0. The number of aryl methyl sites for hydroxylation is 1. The van der Waals surface area contributed by atoms with Crippen LogP contribution in [0.2, 0.25) is 0 Å². The summed E-state index contributed by atoms with van der Waals surface area (Å²) in [5.74, 6) is 3.53. The van der Waals surface area contributed by atoms with E-state index in [0.29, 0.717) is 11.8 Å². The Morgan fingerprint density at radius 3 is 2.93 bits per heavy atom. The van der Waals surface area contributed by atoms with Crippen molar-refractivity contribution in [1.82, 2.24) is 14.8 Å². The minimum absolute atomic E-state index is 0.611. The number of hydrogen-bond donors (Lipinski definition) is 1. The van der Waals surface area contributed by atoms with Crippen molar-refractivity contribution < 1.29 is 0 Å². The molecule has 2 rings (SSSR count). The van der Waals surface area contributed by atoms with Gasteiger partial charge in [-0.3, -0.25) is 0 Å². The maximum atomic E-state index is 5.73. The molecule has 2 heterocycles. The maximum absolute atomic E-state index is 5.73. The zero-order chi connectivity index (χ0) is 10.8. The normalized spacial score (nSPS) is 20.7. The zero-order valence-corrected chi connectivity index (χ0v) is 9.61. The zero-order valence-electron chi connectivity index (χ0n) is 9.61. The minimum Gasteiger partial charge on any atom is -0.330 e. The number of rotatable bonds is 3. The fourth-order valence-corrected chi connectivity index (χ4v) is 2.16. The Kier molecular flexibility index (Phi) is 3.05. The van der Waals surface area contributed by atoms with Gasteiger partial charge in [-0.25, -0.2) is 0 Å². The first-order chi connectivity index (χ1) is 7.20. The van der Waals surface area contributed by atoms with Crippen LogP contribution >= 0.6 is 0 Å². The third-order valence-electron chi connectivity index (χ3n) is 3.05. The monoisotopic (exact) mass is 208 g/mol. The van der Waals surface area contributed by atoms with E-state index < -0.39 is 0 Å². The number of fused-ring (bicyclic) bond motifs is 1. The van der Waals surface area contributed by atoms with Gasteiger partial charge in [-0.05, 0) is 24.8 Å². The lowest BCUT2D eigenvalue weighted by Crippen LogP contribution is -2.27. The van der Waals surface area contributed by atoms with Crippen molar-refractivity contribution in [3.8, 4) is 0 Å². The van der Waals surface area contributed by atoms with Gasteiger partial charge in [-0.1, -0.05) is 13.8 Å². The second-order valence-corrected chi connectivity index (χ2v) is 4.88. The highest BCUT2D eigenvalue weighted by atomic mass is 15.3. The van der Waals surface area contributed by atoms with Crippen LogP contribution < -0.4 is 5.73 Å². The molecular weight excluding hydrogens is 188 g/mol. The average molecular weight is 208 g/mol. The summed E-state index contributed by atoms with van der Waals surface area (Å²) in [6.45, 7) is 6.22. The van der Waals surface area contributed by atoms with Crippen LogP contribution in [0.5, 0.6) is 0 Å². The summed E-state index contributed by atoms with van der Waals surface area (Å²) in [6, 6.07) is 0. The van der Waals surface area contributed by atoms with Gasteiger partial charge in [0.2, 0.25) is 0 Å². The molecule has 4 nitrogen and oxygen atoms in total. The molecule has 0 saturated carbocycles. The fraction of sp³-hybridized carbons (Fsp3) is 0.818. The van der Waals surface area contributed by atoms with Gasteiger partial charge in [-0.15, -0.1) is 10.2 Å². The molecule has 0 saturated heterocycles. The number of aromatic nitrogens is 3. The summed E-state index contributed by atoms with van der Waals surface area (Å²) < 4.78 is 2.28. The molecule has 1 aliphatic rings. The highest BCUT2D eigenvalue weighted by molar-refractivity contribution is 5.00. The number of hydrogen-bond acceptors (Lipinski definition) is 3. The first kappa shape index (κ1) is 10.6. The molecule has 0 bridgehead atoms. The summed E-state index contributed by atoms with van der Waals surface area (Å²) >= 11 is 0.